The summed E-state index contributed by atoms with van der Waals surface area (Å²) in [6.45, 7) is 1.28. The zero-order valence-corrected chi connectivity index (χ0v) is 16.7. The minimum atomic E-state index is -3.56. The van der Waals surface area contributed by atoms with Crippen LogP contribution >= 0.6 is 0 Å². The molecule has 1 heterocycles. The van der Waals surface area contributed by atoms with Gasteiger partial charge in [0.2, 0.25) is 10.0 Å². The minimum Gasteiger partial charge on any atom is -0.491 e. The van der Waals surface area contributed by atoms with Crippen LogP contribution in [-0.2, 0) is 14.8 Å². The molecule has 1 fully saturated rings. The van der Waals surface area contributed by atoms with Crippen LogP contribution in [0.25, 0.3) is 0 Å². The number of sulfonamides is 1. The third-order valence-corrected chi connectivity index (χ3v) is 6.26. The summed E-state index contributed by atoms with van der Waals surface area (Å²) in [5.41, 5.74) is 0.858. The summed E-state index contributed by atoms with van der Waals surface area (Å²) in [5, 5.41) is 2.72. The van der Waals surface area contributed by atoms with Crippen LogP contribution in [-0.4, -0.2) is 52.0 Å². The molecule has 8 heteroatoms. The number of ether oxygens (including phenoxy) is 2. The van der Waals surface area contributed by atoms with Crippen LogP contribution in [0.15, 0.2) is 53.4 Å². The van der Waals surface area contributed by atoms with Crippen LogP contribution in [0.4, 0.5) is 5.69 Å². The molecule has 1 unspecified atom stereocenters. The van der Waals surface area contributed by atoms with Crippen molar-refractivity contribution in [1.29, 1.82) is 0 Å². The summed E-state index contributed by atoms with van der Waals surface area (Å²) in [6, 6.07) is 13.0. The number of benzene rings is 2. The van der Waals surface area contributed by atoms with E-state index in [0.717, 1.165) is 23.8 Å². The monoisotopic (exact) mass is 404 g/mol. The molecular weight excluding hydrogens is 380 g/mol. The zero-order chi connectivity index (χ0) is 20.1. The molecule has 3 rings (SSSR count). The SMILES string of the molecule is CN(C)S(=O)(=O)c1cccc(NC(=O)c2ccc(OCC3CCCO3)cc2)c1. The zero-order valence-electron chi connectivity index (χ0n) is 15.9. The maximum atomic E-state index is 12.5. The molecule has 1 N–H and O–H groups in total. The number of amides is 1. The van der Waals surface area contributed by atoms with E-state index < -0.39 is 10.0 Å². The number of nitrogens with one attached hydrogen (secondary N) is 1. The van der Waals surface area contributed by atoms with E-state index in [9.17, 15) is 13.2 Å². The predicted octanol–water partition coefficient (Wildman–Crippen LogP) is 2.75. The lowest BCUT2D eigenvalue weighted by atomic mass is 10.2. The normalized spacial score (nSPS) is 16.9. The van der Waals surface area contributed by atoms with E-state index in [1.165, 1.54) is 26.2 Å². The molecule has 0 bridgehead atoms. The highest BCUT2D eigenvalue weighted by Gasteiger charge is 2.18. The van der Waals surface area contributed by atoms with Gasteiger partial charge in [-0.25, -0.2) is 12.7 Å². The van der Waals surface area contributed by atoms with E-state index in [1.807, 2.05) is 0 Å². The second-order valence-corrected chi connectivity index (χ2v) is 8.89. The molecule has 0 radical (unpaired) electrons. The molecule has 2 aromatic rings. The molecule has 28 heavy (non-hydrogen) atoms. The Labute approximate surface area is 165 Å². The van der Waals surface area contributed by atoms with Gasteiger partial charge in [0.1, 0.15) is 12.4 Å². The quantitative estimate of drug-likeness (QED) is 0.767. The third-order valence-electron chi connectivity index (χ3n) is 4.45. The lowest BCUT2D eigenvalue weighted by Gasteiger charge is -2.13. The van der Waals surface area contributed by atoms with Crippen molar-refractivity contribution in [3.63, 3.8) is 0 Å². The molecule has 7 nitrogen and oxygen atoms in total. The Kier molecular flexibility index (Phi) is 6.33. The molecule has 150 valence electrons. The minimum absolute atomic E-state index is 0.119. The molecule has 1 atom stereocenters. The standard InChI is InChI=1S/C20H24N2O5S/c1-22(2)28(24,25)19-7-3-5-16(13-19)21-20(23)15-8-10-17(11-9-15)27-14-18-6-4-12-26-18/h3,5,7-11,13,18H,4,6,12,14H2,1-2H3,(H,21,23). The Balaban J connectivity index is 1.63. The van der Waals surface area contributed by atoms with Gasteiger partial charge in [-0.1, -0.05) is 6.07 Å². The number of anilines is 1. The third kappa shape index (κ3) is 4.89. The number of carbonyl (C=O) groups excluding carboxylic acids is 1. The second-order valence-electron chi connectivity index (χ2n) is 6.74. The van der Waals surface area contributed by atoms with Crippen LogP contribution in [0, 0.1) is 0 Å². The van der Waals surface area contributed by atoms with Crippen molar-refractivity contribution in [3.05, 3.63) is 54.1 Å². The van der Waals surface area contributed by atoms with Gasteiger partial charge in [0.05, 0.1) is 11.0 Å². The Bertz CT molecular complexity index is 920. The lowest BCUT2D eigenvalue weighted by molar-refractivity contribution is 0.0679. The van der Waals surface area contributed by atoms with Gasteiger partial charge in [-0.3, -0.25) is 4.79 Å². The van der Waals surface area contributed by atoms with Gasteiger partial charge in [-0.2, -0.15) is 0 Å². The maximum absolute atomic E-state index is 12.5. The highest BCUT2D eigenvalue weighted by Crippen LogP contribution is 2.20. The first-order valence-electron chi connectivity index (χ1n) is 9.04. The summed E-state index contributed by atoms with van der Waals surface area (Å²) in [7, 11) is -0.641. The Morgan fingerprint density at radius 2 is 1.96 bits per heavy atom. The van der Waals surface area contributed by atoms with Gasteiger partial charge < -0.3 is 14.8 Å². The average molecular weight is 404 g/mol. The molecule has 0 aliphatic carbocycles. The van der Waals surface area contributed by atoms with Gasteiger partial charge in [-0.15, -0.1) is 0 Å². The smallest absolute Gasteiger partial charge is 0.255 e. The molecule has 0 saturated carbocycles. The van der Waals surface area contributed by atoms with Gasteiger partial charge in [0.15, 0.2) is 0 Å². The van der Waals surface area contributed by atoms with Gasteiger partial charge in [-0.05, 0) is 55.3 Å². The van der Waals surface area contributed by atoms with Crippen molar-refractivity contribution >= 4 is 21.6 Å². The number of rotatable bonds is 7. The average Bonchev–Trinajstić information content (AvgIpc) is 3.20. The van der Waals surface area contributed by atoms with E-state index in [4.69, 9.17) is 9.47 Å². The summed E-state index contributed by atoms with van der Waals surface area (Å²) < 4.78 is 36.8. The van der Waals surface area contributed by atoms with E-state index in [0.29, 0.717) is 23.6 Å². The Hall–Kier alpha value is -2.42. The maximum Gasteiger partial charge on any atom is 0.255 e. The first-order chi connectivity index (χ1) is 13.4. The van der Waals surface area contributed by atoms with Crippen molar-refractivity contribution in [2.24, 2.45) is 0 Å². The molecule has 1 aliphatic heterocycles. The molecule has 2 aromatic carbocycles. The highest BCUT2D eigenvalue weighted by atomic mass is 32.2. The van der Waals surface area contributed by atoms with Gasteiger partial charge in [0.25, 0.3) is 5.91 Å². The Morgan fingerprint density at radius 3 is 2.61 bits per heavy atom. The topological polar surface area (TPSA) is 84.9 Å². The van der Waals surface area contributed by atoms with E-state index in [1.54, 1.807) is 36.4 Å². The predicted molar refractivity (Wildman–Crippen MR) is 106 cm³/mol. The highest BCUT2D eigenvalue weighted by molar-refractivity contribution is 7.89. The molecule has 1 saturated heterocycles. The number of nitrogens with zero attached hydrogens (tertiary/aromatic N) is 1. The molecule has 0 spiro atoms. The van der Waals surface area contributed by atoms with E-state index in [2.05, 4.69) is 5.32 Å². The van der Waals surface area contributed by atoms with Gasteiger partial charge >= 0.3 is 0 Å². The second kappa shape index (κ2) is 8.72. The first-order valence-corrected chi connectivity index (χ1v) is 10.5. The van der Waals surface area contributed by atoms with Crippen molar-refractivity contribution in [3.8, 4) is 5.75 Å². The summed E-state index contributed by atoms with van der Waals surface area (Å²) in [6.07, 6.45) is 2.20. The molecule has 1 aliphatic rings. The van der Waals surface area contributed by atoms with E-state index >= 15 is 0 Å². The van der Waals surface area contributed by atoms with E-state index in [-0.39, 0.29) is 16.9 Å². The Morgan fingerprint density at radius 1 is 1.21 bits per heavy atom. The number of hydrogen-bond acceptors (Lipinski definition) is 5. The fourth-order valence-corrected chi connectivity index (χ4v) is 3.76. The first kappa shape index (κ1) is 20.3. The fraction of sp³-hybridized carbons (Fsp3) is 0.350. The van der Waals surface area contributed by atoms with Crippen molar-refractivity contribution in [2.45, 2.75) is 23.8 Å². The van der Waals surface area contributed by atoms with Crippen LogP contribution in [0.3, 0.4) is 0 Å². The summed E-state index contributed by atoms with van der Waals surface area (Å²) in [4.78, 5) is 12.6. The van der Waals surface area contributed by atoms with Crippen LogP contribution in [0.1, 0.15) is 23.2 Å². The lowest BCUT2D eigenvalue weighted by Crippen LogP contribution is -2.22. The molecular formula is C20H24N2O5S. The van der Waals surface area contributed by atoms with Crippen LogP contribution < -0.4 is 10.1 Å². The van der Waals surface area contributed by atoms with Crippen molar-refractivity contribution in [1.82, 2.24) is 4.31 Å². The molecule has 0 aromatic heterocycles. The van der Waals surface area contributed by atoms with Crippen molar-refractivity contribution < 1.29 is 22.7 Å². The number of carbonyl (C=O) groups is 1. The van der Waals surface area contributed by atoms with Gasteiger partial charge in [0, 0.05) is 32.0 Å². The van der Waals surface area contributed by atoms with Crippen molar-refractivity contribution in [2.75, 3.05) is 32.6 Å². The van der Waals surface area contributed by atoms with Crippen LogP contribution in [0.2, 0.25) is 0 Å². The van der Waals surface area contributed by atoms with Crippen LogP contribution in [0.5, 0.6) is 5.75 Å². The largest absolute Gasteiger partial charge is 0.491 e. The molecule has 1 amide bonds. The summed E-state index contributed by atoms with van der Waals surface area (Å²) >= 11 is 0. The fourth-order valence-electron chi connectivity index (χ4n) is 2.82. The number of hydrogen-bond donors (Lipinski definition) is 1. The summed E-state index contributed by atoms with van der Waals surface area (Å²) in [5.74, 6) is 0.344.